The van der Waals surface area contributed by atoms with Crippen LogP contribution in [0.4, 0.5) is 11.4 Å². The molecule has 7 heteroatoms. The van der Waals surface area contributed by atoms with E-state index in [1.54, 1.807) is 12.5 Å². The Labute approximate surface area is 130 Å². The van der Waals surface area contributed by atoms with Crippen molar-refractivity contribution in [3.63, 3.8) is 0 Å². The summed E-state index contributed by atoms with van der Waals surface area (Å²) >= 11 is 3.48. The van der Waals surface area contributed by atoms with Gasteiger partial charge in [-0.15, -0.1) is 10.2 Å². The standard InChI is InChI=1S/C14H15BrN6/c1-8(14-20-18-7-21(14)2)19-13-10-5-9(15)3-4-12(10)17-6-11(13)16/h3-8H,16H2,1-2H3,(H,17,19). The summed E-state index contributed by atoms with van der Waals surface area (Å²) in [5.74, 6) is 0.842. The second kappa shape index (κ2) is 5.33. The summed E-state index contributed by atoms with van der Waals surface area (Å²) in [6.07, 6.45) is 3.35. The maximum atomic E-state index is 6.09. The number of hydrogen-bond donors (Lipinski definition) is 2. The Bertz CT molecular complexity index is 792. The minimum atomic E-state index is -0.0237. The van der Waals surface area contributed by atoms with E-state index in [0.717, 1.165) is 26.9 Å². The molecule has 0 amide bonds. The lowest BCUT2D eigenvalue weighted by molar-refractivity contribution is 0.720. The predicted molar refractivity (Wildman–Crippen MR) is 86.9 cm³/mol. The quantitative estimate of drug-likeness (QED) is 0.761. The Morgan fingerprint density at radius 1 is 1.38 bits per heavy atom. The number of aromatic nitrogens is 4. The Morgan fingerprint density at radius 3 is 2.90 bits per heavy atom. The van der Waals surface area contributed by atoms with Gasteiger partial charge < -0.3 is 15.6 Å². The van der Waals surface area contributed by atoms with Gasteiger partial charge in [0, 0.05) is 16.9 Å². The van der Waals surface area contributed by atoms with Crippen molar-refractivity contribution in [1.29, 1.82) is 0 Å². The van der Waals surface area contributed by atoms with Crippen LogP contribution in [-0.4, -0.2) is 19.7 Å². The number of halogens is 1. The van der Waals surface area contributed by atoms with Crippen molar-refractivity contribution in [2.45, 2.75) is 13.0 Å². The molecule has 3 rings (SSSR count). The highest BCUT2D eigenvalue weighted by atomic mass is 79.9. The number of anilines is 2. The Morgan fingerprint density at radius 2 is 2.19 bits per heavy atom. The highest BCUT2D eigenvalue weighted by molar-refractivity contribution is 9.10. The Kier molecular flexibility index (Phi) is 3.50. The zero-order chi connectivity index (χ0) is 15.0. The summed E-state index contributed by atoms with van der Waals surface area (Å²) in [7, 11) is 1.91. The largest absolute Gasteiger partial charge is 0.396 e. The molecule has 108 valence electrons. The number of pyridine rings is 1. The fraction of sp³-hybridized carbons (Fsp3) is 0.214. The molecule has 1 aromatic carbocycles. The van der Waals surface area contributed by atoms with Crippen molar-refractivity contribution < 1.29 is 0 Å². The first kappa shape index (κ1) is 13.8. The van der Waals surface area contributed by atoms with Gasteiger partial charge in [0.05, 0.1) is 29.1 Å². The van der Waals surface area contributed by atoms with Crippen LogP contribution in [0.2, 0.25) is 0 Å². The monoisotopic (exact) mass is 346 g/mol. The molecule has 1 unspecified atom stereocenters. The third-order valence-corrected chi connectivity index (χ3v) is 3.85. The van der Waals surface area contributed by atoms with Crippen molar-refractivity contribution in [2.24, 2.45) is 7.05 Å². The summed E-state index contributed by atoms with van der Waals surface area (Å²) in [6.45, 7) is 2.02. The summed E-state index contributed by atoms with van der Waals surface area (Å²) in [5.41, 5.74) is 8.45. The first-order valence-corrected chi connectivity index (χ1v) is 7.29. The molecule has 0 aliphatic rings. The van der Waals surface area contributed by atoms with E-state index in [1.165, 1.54) is 0 Å². The third kappa shape index (κ3) is 2.56. The molecule has 0 aliphatic carbocycles. The van der Waals surface area contributed by atoms with Crippen LogP contribution in [0.1, 0.15) is 18.8 Å². The van der Waals surface area contributed by atoms with Crippen molar-refractivity contribution in [3.8, 4) is 0 Å². The molecule has 0 bridgehead atoms. The van der Waals surface area contributed by atoms with Gasteiger partial charge in [0.1, 0.15) is 6.33 Å². The minimum Gasteiger partial charge on any atom is -0.396 e. The number of nitrogen functional groups attached to an aromatic ring is 1. The SMILES string of the molecule is CC(Nc1c(N)cnc2ccc(Br)cc12)c1nncn1C. The summed E-state index contributed by atoms with van der Waals surface area (Å²) < 4.78 is 2.87. The number of hydrogen-bond acceptors (Lipinski definition) is 5. The fourth-order valence-corrected chi connectivity index (χ4v) is 2.67. The predicted octanol–water partition coefficient (Wildman–Crippen LogP) is 2.88. The topological polar surface area (TPSA) is 81.7 Å². The molecule has 0 radical (unpaired) electrons. The van der Waals surface area contributed by atoms with Crippen molar-refractivity contribution >= 4 is 38.2 Å². The lowest BCUT2D eigenvalue weighted by Gasteiger charge is -2.17. The molecule has 0 saturated carbocycles. The molecule has 0 aliphatic heterocycles. The molecule has 3 aromatic rings. The number of benzene rings is 1. The van der Waals surface area contributed by atoms with Crippen LogP contribution in [0, 0.1) is 0 Å². The number of aryl methyl sites for hydroxylation is 1. The average molecular weight is 347 g/mol. The maximum Gasteiger partial charge on any atom is 0.154 e. The van der Waals surface area contributed by atoms with Crippen molar-refractivity contribution in [3.05, 3.63) is 41.0 Å². The van der Waals surface area contributed by atoms with E-state index in [2.05, 4.69) is 36.4 Å². The van der Waals surface area contributed by atoms with Crippen molar-refractivity contribution in [2.75, 3.05) is 11.1 Å². The molecule has 6 nitrogen and oxygen atoms in total. The van der Waals surface area contributed by atoms with Gasteiger partial charge in [0.2, 0.25) is 0 Å². The van der Waals surface area contributed by atoms with E-state index in [9.17, 15) is 0 Å². The molecule has 3 N–H and O–H groups in total. The highest BCUT2D eigenvalue weighted by Gasteiger charge is 2.15. The van der Waals surface area contributed by atoms with Gasteiger partial charge in [-0.2, -0.15) is 0 Å². The molecular weight excluding hydrogens is 332 g/mol. The first-order chi connectivity index (χ1) is 10.1. The van der Waals surface area contributed by atoms with Crippen LogP contribution in [0.5, 0.6) is 0 Å². The van der Waals surface area contributed by atoms with E-state index in [-0.39, 0.29) is 6.04 Å². The van der Waals surface area contributed by atoms with Gasteiger partial charge in [-0.3, -0.25) is 4.98 Å². The van der Waals surface area contributed by atoms with E-state index in [0.29, 0.717) is 5.69 Å². The van der Waals surface area contributed by atoms with E-state index < -0.39 is 0 Å². The summed E-state index contributed by atoms with van der Waals surface area (Å²) in [4.78, 5) is 4.35. The van der Waals surface area contributed by atoms with Crippen LogP contribution in [0.25, 0.3) is 10.9 Å². The van der Waals surface area contributed by atoms with E-state index >= 15 is 0 Å². The zero-order valence-corrected chi connectivity index (χ0v) is 13.3. The molecule has 21 heavy (non-hydrogen) atoms. The lowest BCUT2D eigenvalue weighted by atomic mass is 10.1. The van der Waals surface area contributed by atoms with Crippen LogP contribution in [0.3, 0.4) is 0 Å². The van der Waals surface area contributed by atoms with E-state index in [4.69, 9.17) is 5.73 Å². The Balaban J connectivity index is 2.05. The van der Waals surface area contributed by atoms with Gasteiger partial charge >= 0.3 is 0 Å². The van der Waals surface area contributed by atoms with Gasteiger partial charge in [-0.1, -0.05) is 15.9 Å². The molecule has 0 fully saturated rings. The third-order valence-electron chi connectivity index (χ3n) is 3.35. The number of nitrogens with one attached hydrogen (secondary N) is 1. The number of fused-ring (bicyclic) bond motifs is 1. The number of nitrogens with two attached hydrogens (primary N) is 1. The van der Waals surface area contributed by atoms with Gasteiger partial charge in [-0.25, -0.2) is 0 Å². The number of nitrogens with zero attached hydrogens (tertiary/aromatic N) is 4. The smallest absolute Gasteiger partial charge is 0.154 e. The van der Waals surface area contributed by atoms with Crippen LogP contribution < -0.4 is 11.1 Å². The van der Waals surface area contributed by atoms with Gasteiger partial charge in [0.15, 0.2) is 5.82 Å². The Hall–Kier alpha value is -2.15. The highest BCUT2D eigenvalue weighted by Crippen LogP contribution is 2.32. The average Bonchev–Trinajstić information content (AvgIpc) is 2.88. The molecular formula is C14H15BrN6. The van der Waals surface area contributed by atoms with E-state index in [1.807, 2.05) is 36.7 Å². The normalized spacial score (nSPS) is 12.5. The van der Waals surface area contributed by atoms with Crippen LogP contribution in [0.15, 0.2) is 35.2 Å². The molecule has 2 aromatic heterocycles. The molecule has 1 atom stereocenters. The molecule has 0 spiro atoms. The van der Waals surface area contributed by atoms with Gasteiger partial charge in [-0.05, 0) is 25.1 Å². The summed E-state index contributed by atoms with van der Waals surface area (Å²) in [5, 5.41) is 12.4. The van der Waals surface area contributed by atoms with Crippen molar-refractivity contribution in [1.82, 2.24) is 19.7 Å². The lowest BCUT2D eigenvalue weighted by Crippen LogP contribution is -2.13. The summed E-state index contributed by atoms with van der Waals surface area (Å²) in [6, 6.07) is 5.90. The zero-order valence-electron chi connectivity index (χ0n) is 11.7. The van der Waals surface area contributed by atoms with Crippen LogP contribution >= 0.6 is 15.9 Å². The van der Waals surface area contributed by atoms with Gasteiger partial charge in [0.25, 0.3) is 0 Å². The molecule has 2 heterocycles. The first-order valence-electron chi connectivity index (χ1n) is 6.50. The number of rotatable bonds is 3. The van der Waals surface area contributed by atoms with Crippen LogP contribution in [-0.2, 0) is 7.05 Å². The second-order valence-corrected chi connectivity index (χ2v) is 5.83. The second-order valence-electron chi connectivity index (χ2n) is 4.92. The fourth-order valence-electron chi connectivity index (χ4n) is 2.31. The minimum absolute atomic E-state index is 0.0237. The molecule has 0 saturated heterocycles. The maximum absolute atomic E-state index is 6.09.